The first kappa shape index (κ1) is 17.8. The minimum atomic E-state index is -3.48. The molecule has 2 rings (SSSR count). The summed E-state index contributed by atoms with van der Waals surface area (Å²) < 4.78 is 32.3. The molecular formula is C17H20ClNO3S. The smallest absolute Gasteiger partial charge is 0.240 e. The second-order valence-electron chi connectivity index (χ2n) is 5.03. The summed E-state index contributed by atoms with van der Waals surface area (Å²) in [6, 6.07) is 14.0. The Morgan fingerprint density at radius 1 is 1.04 bits per heavy atom. The van der Waals surface area contributed by atoms with Gasteiger partial charge in [-0.15, -0.1) is 0 Å². The fourth-order valence-corrected chi connectivity index (χ4v) is 3.32. The van der Waals surface area contributed by atoms with Gasteiger partial charge in [0.15, 0.2) is 0 Å². The lowest BCUT2D eigenvalue weighted by molar-refractivity contribution is 0.340. The fourth-order valence-electron chi connectivity index (χ4n) is 2.12. The molecule has 0 heterocycles. The van der Waals surface area contributed by atoms with Gasteiger partial charge in [0.05, 0.1) is 11.5 Å². The molecule has 0 unspecified atom stereocenters. The van der Waals surface area contributed by atoms with Crippen LogP contribution in [0.15, 0.2) is 53.4 Å². The molecule has 2 aromatic carbocycles. The molecule has 2 aromatic rings. The van der Waals surface area contributed by atoms with Crippen LogP contribution in [0.2, 0.25) is 5.02 Å². The van der Waals surface area contributed by atoms with Crippen molar-refractivity contribution in [3.05, 3.63) is 59.1 Å². The van der Waals surface area contributed by atoms with E-state index in [1.807, 2.05) is 31.2 Å². The monoisotopic (exact) mass is 353 g/mol. The first-order valence-electron chi connectivity index (χ1n) is 7.48. The maximum Gasteiger partial charge on any atom is 0.240 e. The van der Waals surface area contributed by atoms with Crippen LogP contribution in [0.25, 0.3) is 0 Å². The predicted octanol–water partition coefficient (Wildman–Crippen LogP) is 3.65. The lowest BCUT2D eigenvalue weighted by Crippen LogP contribution is -2.25. The van der Waals surface area contributed by atoms with Crippen molar-refractivity contribution in [1.82, 2.24) is 4.72 Å². The van der Waals surface area contributed by atoms with Crippen molar-refractivity contribution in [2.75, 3.05) is 13.2 Å². The Hall–Kier alpha value is -1.56. The number of halogens is 1. The third-order valence-electron chi connectivity index (χ3n) is 3.29. The largest absolute Gasteiger partial charge is 0.494 e. The summed E-state index contributed by atoms with van der Waals surface area (Å²) >= 11 is 5.83. The molecule has 1 N–H and O–H groups in total. The first-order valence-corrected chi connectivity index (χ1v) is 9.34. The zero-order chi connectivity index (χ0) is 16.7. The van der Waals surface area contributed by atoms with Gasteiger partial charge >= 0.3 is 0 Å². The standard InChI is InChI=1S/C17H20ClNO3S/c1-2-22-16-9-11-17(12-10-16)23(20,21)19-13-3-4-14-5-7-15(18)8-6-14/h5-12,19H,2-4,13H2,1H3. The van der Waals surface area contributed by atoms with E-state index in [4.69, 9.17) is 16.3 Å². The number of benzene rings is 2. The van der Waals surface area contributed by atoms with Crippen LogP contribution in [-0.2, 0) is 16.4 Å². The van der Waals surface area contributed by atoms with Gasteiger partial charge in [-0.25, -0.2) is 13.1 Å². The molecule has 0 aliphatic heterocycles. The summed E-state index contributed by atoms with van der Waals surface area (Å²) in [6.45, 7) is 2.82. The molecule has 0 amide bonds. The highest BCUT2D eigenvalue weighted by Crippen LogP contribution is 2.16. The molecule has 124 valence electrons. The van der Waals surface area contributed by atoms with Crippen LogP contribution in [0.4, 0.5) is 0 Å². The minimum Gasteiger partial charge on any atom is -0.494 e. The van der Waals surface area contributed by atoms with Crippen LogP contribution in [0.1, 0.15) is 18.9 Å². The Bertz CT molecular complexity index is 713. The average molecular weight is 354 g/mol. The van der Waals surface area contributed by atoms with Crippen LogP contribution >= 0.6 is 11.6 Å². The van der Waals surface area contributed by atoms with Gasteiger partial charge in [0, 0.05) is 11.6 Å². The number of ether oxygens (including phenoxy) is 1. The lowest BCUT2D eigenvalue weighted by Gasteiger charge is -2.08. The maximum atomic E-state index is 12.2. The predicted molar refractivity (Wildman–Crippen MR) is 92.6 cm³/mol. The number of aryl methyl sites for hydroxylation is 1. The highest BCUT2D eigenvalue weighted by molar-refractivity contribution is 7.89. The lowest BCUT2D eigenvalue weighted by atomic mass is 10.1. The summed E-state index contributed by atoms with van der Waals surface area (Å²) in [7, 11) is -3.48. The summed E-state index contributed by atoms with van der Waals surface area (Å²) in [4.78, 5) is 0.243. The van der Waals surface area contributed by atoms with Gasteiger partial charge in [-0.1, -0.05) is 23.7 Å². The Morgan fingerprint density at radius 2 is 1.70 bits per heavy atom. The Labute approximate surface area is 142 Å². The quantitative estimate of drug-likeness (QED) is 0.737. The first-order chi connectivity index (χ1) is 11.0. The van der Waals surface area contributed by atoms with E-state index in [2.05, 4.69) is 4.72 Å². The van der Waals surface area contributed by atoms with E-state index in [0.717, 1.165) is 18.4 Å². The number of rotatable bonds is 8. The molecule has 0 aliphatic rings. The van der Waals surface area contributed by atoms with Gasteiger partial charge < -0.3 is 4.74 Å². The van der Waals surface area contributed by atoms with Crippen molar-refractivity contribution in [2.45, 2.75) is 24.7 Å². The van der Waals surface area contributed by atoms with E-state index >= 15 is 0 Å². The third-order valence-corrected chi connectivity index (χ3v) is 5.02. The Balaban J connectivity index is 1.84. The SMILES string of the molecule is CCOc1ccc(S(=O)(=O)NCCCc2ccc(Cl)cc2)cc1. The topological polar surface area (TPSA) is 55.4 Å². The molecule has 0 fully saturated rings. The van der Waals surface area contributed by atoms with E-state index in [-0.39, 0.29) is 4.90 Å². The van der Waals surface area contributed by atoms with Gasteiger partial charge in [-0.05, 0) is 61.7 Å². The van der Waals surface area contributed by atoms with Gasteiger partial charge in [0.1, 0.15) is 5.75 Å². The molecule has 0 bridgehead atoms. The number of hydrogen-bond donors (Lipinski definition) is 1. The van der Waals surface area contributed by atoms with Crippen molar-refractivity contribution < 1.29 is 13.2 Å². The van der Waals surface area contributed by atoms with Crippen LogP contribution in [0.3, 0.4) is 0 Å². The molecule has 23 heavy (non-hydrogen) atoms. The van der Waals surface area contributed by atoms with Crippen molar-refractivity contribution in [3.8, 4) is 5.75 Å². The third kappa shape index (κ3) is 5.53. The van der Waals surface area contributed by atoms with E-state index in [0.29, 0.717) is 23.9 Å². The second-order valence-corrected chi connectivity index (χ2v) is 7.24. The van der Waals surface area contributed by atoms with Crippen molar-refractivity contribution in [2.24, 2.45) is 0 Å². The van der Waals surface area contributed by atoms with Gasteiger partial charge in [0.2, 0.25) is 10.0 Å². The second kappa shape index (κ2) is 8.34. The van der Waals surface area contributed by atoms with Gasteiger partial charge in [-0.2, -0.15) is 0 Å². The molecular weight excluding hydrogens is 334 g/mol. The number of sulfonamides is 1. The molecule has 0 saturated heterocycles. The summed E-state index contributed by atoms with van der Waals surface area (Å²) in [5.41, 5.74) is 1.13. The highest BCUT2D eigenvalue weighted by Gasteiger charge is 2.13. The number of nitrogens with one attached hydrogen (secondary N) is 1. The zero-order valence-electron chi connectivity index (χ0n) is 13.0. The van der Waals surface area contributed by atoms with Gasteiger partial charge in [0.25, 0.3) is 0 Å². The van der Waals surface area contributed by atoms with Crippen LogP contribution in [0, 0.1) is 0 Å². The zero-order valence-corrected chi connectivity index (χ0v) is 14.5. The van der Waals surface area contributed by atoms with Crippen LogP contribution in [-0.4, -0.2) is 21.6 Å². The van der Waals surface area contributed by atoms with Crippen LogP contribution in [0.5, 0.6) is 5.75 Å². The number of hydrogen-bond acceptors (Lipinski definition) is 3. The highest BCUT2D eigenvalue weighted by atomic mass is 35.5. The Morgan fingerprint density at radius 3 is 2.30 bits per heavy atom. The molecule has 0 atom stereocenters. The summed E-state index contributed by atoms with van der Waals surface area (Å²) in [5.74, 6) is 0.661. The Kier molecular flexibility index (Phi) is 6.45. The molecule has 0 aliphatic carbocycles. The van der Waals surface area contributed by atoms with Crippen molar-refractivity contribution in [1.29, 1.82) is 0 Å². The van der Waals surface area contributed by atoms with E-state index in [9.17, 15) is 8.42 Å². The fraction of sp³-hybridized carbons (Fsp3) is 0.294. The van der Waals surface area contributed by atoms with Gasteiger partial charge in [-0.3, -0.25) is 0 Å². The summed E-state index contributed by atoms with van der Waals surface area (Å²) in [5, 5.41) is 0.699. The normalized spacial score (nSPS) is 11.4. The maximum absolute atomic E-state index is 12.2. The molecule has 4 nitrogen and oxygen atoms in total. The van der Waals surface area contributed by atoms with E-state index in [1.165, 1.54) is 0 Å². The molecule has 6 heteroatoms. The van der Waals surface area contributed by atoms with Crippen molar-refractivity contribution in [3.63, 3.8) is 0 Å². The van der Waals surface area contributed by atoms with E-state index in [1.54, 1.807) is 24.3 Å². The molecule has 0 aromatic heterocycles. The van der Waals surface area contributed by atoms with E-state index < -0.39 is 10.0 Å². The minimum absolute atomic E-state index is 0.243. The molecule has 0 radical (unpaired) electrons. The average Bonchev–Trinajstić information content (AvgIpc) is 2.54. The molecule has 0 spiro atoms. The van der Waals surface area contributed by atoms with Crippen LogP contribution < -0.4 is 9.46 Å². The summed E-state index contributed by atoms with van der Waals surface area (Å²) in [6.07, 6.45) is 1.51. The van der Waals surface area contributed by atoms with Crippen molar-refractivity contribution >= 4 is 21.6 Å². The molecule has 0 saturated carbocycles.